The molecular weight excluding hydrogens is 390 g/mol. The van der Waals surface area contributed by atoms with Gasteiger partial charge in [0.25, 0.3) is 5.91 Å². The van der Waals surface area contributed by atoms with Crippen molar-refractivity contribution in [1.29, 1.82) is 0 Å². The topological polar surface area (TPSA) is 61.4 Å². The van der Waals surface area contributed by atoms with Crippen molar-refractivity contribution in [2.75, 3.05) is 37.6 Å². The lowest BCUT2D eigenvalue weighted by molar-refractivity contribution is 0.0954. The molecule has 0 atom stereocenters. The Morgan fingerprint density at radius 3 is 2.68 bits per heavy atom. The number of thiazole rings is 1. The van der Waals surface area contributed by atoms with Crippen LogP contribution in [0.4, 0.5) is 5.82 Å². The summed E-state index contributed by atoms with van der Waals surface area (Å²) in [6, 6.07) is 8.09. The number of hydrogen-bond acceptors (Lipinski definition) is 7. The van der Waals surface area contributed by atoms with Crippen molar-refractivity contribution >= 4 is 34.4 Å². The van der Waals surface area contributed by atoms with Crippen molar-refractivity contribution in [1.82, 2.24) is 20.2 Å². The Kier molecular flexibility index (Phi) is 5.99. The van der Waals surface area contributed by atoms with Crippen LogP contribution in [0.25, 0.3) is 9.88 Å². The Bertz CT molecular complexity index is 899. The molecule has 3 aromatic rings. The Labute approximate surface area is 172 Å². The molecule has 0 aliphatic carbocycles. The summed E-state index contributed by atoms with van der Waals surface area (Å²) in [5.74, 6) is 0.911. The van der Waals surface area contributed by atoms with Gasteiger partial charge in [0.15, 0.2) is 0 Å². The maximum Gasteiger partial charge on any atom is 0.263 e. The first-order valence-corrected chi connectivity index (χ1v) is 11.1. The predicted molar refractivity (Wildman–Crippen MR) is 115 cm³/mol. The van der Waals surface area contributed by atoms with Gasteiger partial charge in [-0.25, -0.2) is 9.97 Å². The minimum atomic E-state index is -0.0972. The molecule has 4 heterocycles. The number of pyridine rings is 1. The first kappa shape index (κ1) is 19.0. The van der Waals surface area contributed by atoms with Gasteiger partial charge in [0.1, 0.15) is 15.7 Å². The van der Waals surface area contributed by atoms with E-state index >= 15 is 0 Å². The van der Waals surface area contributed by atoms with Gasteiger partial charge in [-0.3, -0.25) is 4.79 Å². The smallest absolute Gasteiger partial charge is 0.263 e. The van der Waals surface area contributed by atoms with Gasteiger partial charge in [-0.2, -0.15) is 0 Å². The van der Waals surface area contributed by atoms with Crippen LogP contribution in [0.15, 0.2) is 42.0 Å². The van der Waals surface area contributed by atoms with Crippen molar-refractivity contribution in [3.05, 3.63) is 52.5 Å². The Balaban J connectivity index is 1.31. The molecule has 1 aliphatic heterocycles. The fourth-order valence-electron chi connectivity index (χ4n) is 3.16. The summed E-state index contributed by atoms with van der Waals surface area (Å²) >= 11 is 3.04. The van der Waals surface area contributed by atoms with Gasteiger partial charge < -0.3 is 15.1 Å². The Morgan fingerprint density at radius 1 is 1.14 bits per heavy atom. The minimum absolute atomic E-state index is 0.0972. The largest absolute Gasteiger partial charge is 0.354 e. The molecule has 6 nitrogen and oxygen atoms in total. The summed E-state index contributed by atoms with van der Waals surface area (Å²) in [6.07, 6.45) is 3.50. The van der Waals surface area contributed by atoms with Crippen LogP contribution in [0.1, 0.15) is 22.2 Å². The van der Waals surface area contributed by atoms with Crippen molar-refractivity contribution in [2.45, 2.75) is 13.5 Å². The molecule has 8 heteroatoms. The zero-order valence-corrected chi connectivity index (χ0v) is 17.4. The molecule has 28 heavy (non-hydrogen) atoms. The van der Waals surface area contributed by atoms with Gasteiger partial charge in [0.2, 0.25) is 0 Å². The molecule has 0 bridgehead atoms. The van der Waals surface area contributed by atoms with E-state index in [4.69, 9.17) is 0 Å². The SMILES string of the molecule is CCN1CCN(c2ccc(CNC(=O)c3cnc(-c4cccs4)s3)cn2)CC1. The Hall–Kier alpha value is -2.29. The third-order valence-corrected chi connectivity index (χ3v) is 6.90. The van der Waals surface area contributed by atoms with Gasteiger partial charge in [-0.05, 0) is 29.6 Å². The van der Waals surface area contributed by atoms with Gasteiger partial charge >= 0.3 is 0 Å². The molecule has 1 saturated heterocycles. The highest BCUT2D eigenvalue weighted by Crippen LogP contribution is 2.28. The molecule has 3 aromatic heterocycles. The molecule has 1 N–H and O–H groups in total. The molecule has 146 valence electrons. The van der Waals surface area contributed by atoms with Crippen LogP contribution in [0, 0.1) is 0 Å². The first-order valence-electron chi connectivity index (χ1n) is 9.43. The fraction of sp³-hybridized carbons (Fsp3) is 0.350. The number of hydrogen-bond donors (Lipinski definition) is 1. The van der Waals surface area contributed by atoms with E-state index in [1.54, 1.807) is 17.5 Å². The monoisotopic (exact) mass is 413 g/mol. The molecule has 0 aromatic carbocycles. The van der Waals surface area contributed by atoms with Gasteiger partial charge in [0, 0.05) is 38.9 Å². The van der Waals surface area contributed by atoms with Gasteiger partial charge in [-0.1, -0.05) is 19.1 Å². The van der Waals surface area contributed by atoms with Gasteiger partial charge in [0.05, 0.1) is 11.1 Å². The van der Waals surface area contributed by atoms with E-state index in [0.717, 1.165) is 54.0 Å². The molecule has 1 amide bonds. The summed E-state index contributed by atoms with van der Waals surface area (Å²) < 4.78 is 0. The second-order valence-electron chi connectivity index (χ2n) is 6.64. The number of piperazine rings is 1. The molecule has 1 aliphatic rings. The summed E-state index contributed by atoms with van der Waals surface area (Å²) in [5.41, 5.74) is 0.993. The molecular formula is C20H23N5OS2. The van der Waals surface area contributed by atoms with Crippen molar-refractivity contribution in [2.24, 2.45) is 0 Å². The maximum absolute atomic E-state index is 12.4. The van der Waals surface area contributed by atoms with Crippen molar-refractivity contribution < 1.29 is 4.79 Å². The quantitative estimate of drug-likeness (QED) is 0.672. The standard InChI is InChI=1S/C20H23N5OS2/c1-2-24-7-9-25(10-8-24)18-6-5-15(12-21-18)13-22-19(26)17-14-23-20(28-17)16-4-3-11-27-16/h3-6,11-12,14H,2,7-10,13H2,1H3,(H,22,26). The summed E-state index contributed by atoms with van der Waals surface area (Å²) in [5, 5.41) is 5.86. The van der Waals surface area contributed by atoms with E-state index in [-0.39, 0.29) is 5.91 Å². The van der Waals surface area contributed by atoms with Crippen LogP contribution in [0.5, 0.6) is 0 Å². The zero-order chi connectivity index (χ0) is 19.3. The lowest BCUT2D eigenvalue weighted by atomic mass is 10.2. The average molecular weight is 414 g/mol. The van der Waals surface area contributed by atoms with E-state index in [0.29, 0.717) is 11.4 Å². The number of thiophene rings is 1. The molecule has 0 spiro atoms. The molecule has 0 radical (unpaired) electrons. The molecule has 0 saturated carbocycles. The number of carbonyl (C=O) groups is 1. The number of likely N-dealkylation sites (N-methyl/N-ethyl adjacent to an activating group) is 1. The van der Waals surface area contributed by atoms with Gasteiger partial charge in [-0.15, -0.1) is 22.7 Å². The molecule has 1 fully saturated rings. The summed E-state index contributed by atoms with van der Waals surface area (Å²) in [4.78, 5) is 27.8. The van der Waals surface area contributed by atoms with E-state index in [1.165, 1.54) is 11.3 Å². The third-order valence-electron chi connectivity index (χ3n) is 4.87. The van der Waals surface area contributed by atoms with Crippen LogP contribution >= 0.6 is 22.7 Å². The van der Waals surface area contributed by atoms with Crippen LogP contribution in [0.2, 0.25) is 0 Å². The lowest BCUT2D eigenvalue weighted by Crippen LogP contribution is -2.46. The van der Waals surface area contributed by atoms with Crippen LogP contribution < -0.4 is 10.2 Å². The fourth-order valence-corrected chi connectivity index (χ4v) is 4.80. The average Bonchev–Trinajstić information content (AvgIpc) is 3.44. The lowest BCUT2D eigenvalue weighted by Gasteiger charge is -2.34. The minimum Gasteiger partial charge on any atom is -0.354 e. The highest BCUT2D eigenvalue weighted by molar-refractivity contribution is 7.21. The molecule has 0 unspecified atom stereocenters. The van der Waals surface area contributed by atoms with Crippen LogP contribution in [0.3, 0.4) is 0 Å². The zero-order valence-electron chi connectivity index (χ0n) is 15.8. The van der Waals surface area contributed by atoms with Crippen molar-refractivity contribution in [3.63, 3.8) is 0 Å². The van der Waals surface area contributed by atoms with Crippen LogP contribution in [-0.2, 0) is 6.54 Å². The number of carbonyl (C=O) groups excluding carboxylic acids is 1. The van der Waals surface area contributed by atoms with Crippen LogP contribution in [-0.4, -0.2) is 53.5 Å². The van der Waals surface area contributed by atoms with E-state index in [1.807, 2.05) is 35.8 Å². The first-order chi connectivity index (χ1) is 13.7. The predicted octanol–water partition coefficient (Wildman–Crippen LogP) is 3.34. The number of anilines is 1. The Morgan fingerprint density at radius 2 is 2.00 bits per heavy atom. The third kappa shape index (κ3) is 4.40. The van der Waals surface area contributed by atoms with E-state index in [9.17, 15) is 4.79 Å². The summed E-state index contributed by atoms with van der Waals surface area (Å²) in [6.45, 7) is 7.95. The summed E-state index contributed by atoms with van der Waals surface area (Å²) in [7, 11) is 0. The normalized spacial score (nSPS) is 15.0. The van der Waals surface area contributed by atoms with E-state index < -0.39 is 0 Å². The number of aromatic nitrogens is 2. The number of amides is 1. The second-order valence-corrected chi connectivity index (χ2v) is 8.61. The second kappa shape index (κ2) is 8.81. The number of nitrogens with one attached hydrogen (secondary N) is 1. The molecule has 4 rings (SSSR count). The number of rotatable bonds is 6. The maximum atomic E-state index is 12.4. The highest BCUT2D eigenvalue weighted by Gasteiger charge is 2.17. The van der Waals surface area contributed by atoms with Crippen molar-refractivity contribution in [3.8, 4) is 9.88 Å². The highest BCUT2D eigenvalue weighted by atomic mass is 32.1. The van der Waals surface area contributed by atoms with E-state index in [2.05, 4.69) is 32.0 Å². The number of nitrogens with zero attached hydrogens (tertiary/aromatic N) is 4.